The number of hydrogen-bond donors (Lipinski definition) is 1. The molecule has 3 amide bonds. The topological polar surface area (TPSA) is 62.1 Å². The zero-order valence-corrected chi connectivity index (χ0v) is 16.9. The van der Waals surface area contributed by atoms with E-state index in [1.807, 2.05) is 11.0 Å². The molecule has 1 aromatic heterocycles. The highest BCUT2D eigenvalue weighted by molar-refractivity contribution is 7.16. The Balaban J connectivity index is 1.39. The molecule has 6 nitrogen and oxygen atoms in total. The highest BCUT2D eigenvalue weighted by Crippen LogP contribution is 2.24. The van der Waals surface area contributed by atoms with E-state index in [4.69, 9.17) is 11.6 Å². The van der Waals surface area contributed by atoms with Crippen LogP contribution in [0.5, 0.6) is 0 Å². The van der Waals surface area contributed by atoms with Crippen LogP contribution in [0.3, 0.4) is 0 Å². The van der Waals surface area contributed by atoms with Crippen LogP contribution in [0.2, 0.25) is 4.34 Å². The molecule has 146 valence electrons. The number of halogens is 1. The smallest absolute Gasteiger partial charge is 0.254 e. The molecule has 8 heteroatoms. The summed E-state index contributed by atoms with van der Waals surface area (Å²) in [6, 6.07) is 10.8. The van der Waals surface area contributed by atoms with Crippen molar-refractivity contribution in [1.82, 2.24) is 4.90 Å². The van der Waals surface area contributed by atoms with Gasteiger partial charge in [-0.2, -0.15) is 0 Å². The molecule has 0 saturated carbocycles. The minimum absolute atomic E-state index is 0.0563. The first-order valence-electron chi connectivity index (χ1n) is 9.34. The average Bonchev–Trinajstić information content (AvgIpc) is 3.26. The molecule has 0 spiro atoms. The number of anilines is 1. The second kappa shape index (κ2) is 8.03. The summed E-state index contributed by atoms with van der Waals surface area (Å²) in [6.07, 6.45) is 0.467. The Kier molecular flexibility index (Phi) is 5.48. The number of quaternary nitrogens is 1. The van der Waals surface area contributed by atoms with Crippen molar-refractivity contribution < 1.29 is 19.3 Å². The maximum Gasteiger partial charge on any atom is 0.254 e. The van der Waals surface area contributed by atoms with Crippen LogP contribution in [0.25, 0.3) is 0 Å². The van der Waals surface area contributed by atoms with Gasteiger partial charge in [0.1, 0.15) is 6.54 Å². The molecule has 4 rings (SSSR count). The predicted octanol–water partition coefficient (Wildman–Crippen LogP) is 1.60. The summed E-state index contributed by atoms with van der Waals surface area (Å²) >= 11 is 7.60. The number of amides is 3. The van der Waals surface area contributed by atoms with Gasteiger partial charge in [0.2, 0.25) is 11.8 Å². The molecule has 0 aliphatic carbocycles. The molecule has 0 radical (unpaired) electrons. The van der Waals surface area contributed by atoms with Gasteiger partial charge in [0.05, 0.1) is 41.1 Å². The Morgan fingerprint density at radius 3 is 2.43 bits per heavy atom. The Bertz CT molecular complexity index is 905. The molecule has 2 aliphatic rings. The van der Waals surface area contributed by atoms with E-state index in [0.717, 1.165) is 24.0 Å². The van der Waals surface area contributed by atoms with E-state index in [-0.39, 0.29) is 30.6 Å². The van der Waals surface area contributed by atoms with Crippen molar-refractivity contribution in [2.75, 3.05) is 31.1 Å². The number of nitrogens with zero attached hydrogens (tertiary/aromatic N) is 2. The molecular weight excluding hydrogens is 398 g/mol. The number of carbonyl (C=O) groups excluding carboxylic acids is 3. The van der Waals surface area contributed by atoms with Crippen molar-refractivity contribution in [3.8, 4) is 0 Å². The third-order valence-electron chi connectivity index (χ3n) is 5.21. The number of thiophene rings is 1. The van der Waals surface area contributed by atoms with Gasteiger partial charge < -0.3 is 9.80 Å². The second-order valence-electron chi connectivity index (χ2n) is 7.10. The molecular formula is C20H21ClN3O3S+. The van der Waals surface area contributed by atoms with E-state index >= 15 is 0 Å². The fourth-order valence-corrected chi connectivity index (χ4v) is 4.88. The van der Waals surface area contributed by atoms with Crippen LogP contribution >= 0.6 is 22.9 Å². The number of rotatable bonds is 4. The average molecular weight is 419 g/mol. The fraction of sp³-hybridized carbons (Fsp3) is 0.350. The summed E-state index contributed by atoms with van der Waals surface area (Å²) < 4.78 is 0.804. The number of benzene rings is 1. The van der Waals surface area contributed by atoms with Gasteiger partial charge in [0.15, 0.2) is 0 Å². The van der Waals surface area contributed by atoms with E-state index in [9.17, 15) is 14.4 Å². The monoisotopic (exact) mass is 418 g/mol. The number of imide groups is 1. The van der Waals surface area contributed by atoms with Crippen LogP contribution < -0.4 is 9.80 Å². The number of carbonyl (C=O) groups is 3. The van der Waals surface area contributed by atoms with Gasteiger partial charge in [0.25, 0.3) is 5.91 Å². The molecule has 0 bridgehead atoms. The zero-order valence-electron chi connectivity index (χ0n) is 15.3. The van der Waals surface area contributed by atoms with Crippen LogP contribution in [-0.2, 0) is 16.1 Å². The fourth-order valence-electron chi connectivity index (χ4n) is 3.72. The van der Waals surface area contributed by atoms with Gasteiger partial charge in [0, 0.05) is 18.4 Å². The molecule has 0 unspecified atom stereocenters. The summed E-state index contributed by atoms with van der Waals surface area (Å²) in [4.78, 5) is 42.5. The first-order valence-corrected chi connectivity index (χ1v) is 10.5. The lowest BCUT2D eigenvalue weighted by atomic mass is 10.1. The van der Waals surface area contributed by atoms with Gasteiger partial charge in [-0.3, -0.25) is 19.3 Å². The van der Waals surface area contributed by atoms with E-state index in [2.05, 4.69) is 6.07 Å². The van der Waals surface area contributed by atoms with Gasteiger partial charge in [-0.15, -0.1) is 11.3 Å². The van der Waals surface area contributed by atoms with Gasteiger partial charge in [-0.1, -0.05) is 17.7 Å². The maximum absolute atomic E-state index is 12.9. The van der Waals surface area contributed by atoms with Crippen molar-refractivity contribution in [2.45, 2.75) is 19.4 Å². The number of piperazine rings is 1. The minimum atomic E-state index is -0.208. The van der Waals surface area contributed by atoms with Crippen LogP contribution in [0.15, 0.2) is 36.4 Å². The Hall–Kier alpha value is -2.22. The van der Waals surface area contributed by atoms with Crippen molar-refractivity contribution in [1.29, 1.82) is 0 Å². The molecule has 2 aliphatic heterocycles. The van der Waals surface area contributed by atoms with Crippen molar-refractivity contribution in [2.24, 2.45) is 0 Å². The third-order valence-corrected chi connectivity index (χ3v) is 6.44. The first kappa shape index (κ1) is 19.1. The molecule has 28 heavy (non-hydrogen) atoms. The standard InChI is InChI=1S/C20H20ClN3O3S/c21-17-5-4-16(28-17)13-22-8-10-23(11-9-22)20(27)14-2-1-3-15(12-14)24-18(25)6-7-19(24)26/h1-5,12H,6-11,13H2/p+1. The first-order chi connectivity index (χ1) is 13.5. The molecule has 2 saturated heterocycles. The predicted molar refractivity (Wildman–Crippen MR) is 108 cm³/mol. The highest BCUT2D eigenvalue weighted by atomic mass is 35.5. The van der Waals surface area contributed by atoms with Crippen LogP contribution in [0.1, 0.15) is 28.1 Å². The summed E-state index contributed by atoms with van der Waals surface area (Å²) in [6.45, 7) is 4.04. The van der Waals surface area contributed by atoms with E-state index in [1.165, 1.54) is 14.7 Å². The second-order valence-corrected chi connectivity index (χ2v) is 8.90. The van der Waals surface area contributed by atoms with Gasteiger partial charge >= 0.3 is 0 Å². The summed E-state index contributed by atoms with van der Waals surface area (Å²) in [7, 11) is 0. The van der Waals surface area contributed by atoms with E-state index in [0.29, 0.717) is 24.3 Å². The third kappa shape index (κ3) is 3.97. The summed E-state index contributed by atoms with van der Waals surface area (Å²) in [5.41, 5.74) is 0.996. The van der Waals surface area contributed by atoms with Crippen LogP contribution in [0, 0.1) is 0 Å². The number of hydrogen-bond acceptors (Lipinski definition) is 4. The number of nitrogens with one attached hydrogen (secondary N) is 1. The van der Waals surface area contributed by atoms with Gasteiger partial charge in [-0.05, 0) is 30.3 Å². The van der Waals surface area contributed by atoms with Crippen molar-refractivity contribution >= 4 is 46.3 Å². The minimum Gasteiger partial charge on any atom is -0.328 e. The maximum atomic E-state index is 12.9. The molecule has 0 atom stereocenters. The SMILES string of the molecule is O=C(c1cccc(N2C(=O)CCC2=O)c1)N1CC[NH+](Cc2ccc(Cl)s2)CC1. The Labute approximate surface area is 172 Å². The van der Waals surface area contributed by atoms with E-state index < -0.39 is 0 Å². The molecule has 2 fully saturated rings. The van der Waals surface area contributed by atoms with Crippen LogP contribution in [0.4, 0.5) is 5.69 Å². The van der Waals surface area contributed by atoms with Crippen LogP contribution in [-0.4, -0.2) is 48.8 Å². The molecule has 3 heterocycles. The normalized spacial score (nSPS) is 18.2. The lowest BCUT2D eigenvalue weighted by Gasteiger charge is -2.32. The van der Waals surface area contributed by atoms with E-state index in [1.54, 1.807) is 35.6 Å². The van der Waals surface area contributed by atoms with Crippen molar-refractivity contribution in [3.63, 3.8) is 0 Å². The Morgan fingerprint density at radius 2 is 1.79 bits per heavy atom. The lowest BCUT2D eigenvalue weighted by molar-refractivity contribution is -0.917. The lowest BCUT2D eigenvalue weighted by Crippen LogP contribution is -3.13. The molecule has 1 N–H and O–H groups in total. The highest BCUT2D eigenvalue weighted by Gasteiger charge is 2.31. The molecule has 2 aromatic rings. The summed E-state index contributed by atoms with van der Waals surface area (Å²) in [5, 5.41) is 0. The van der Waals surface area contributed by atoms with Gasteiger partial charge in [-0.25, -0.2) is 0 Å². The summed E-state index contributed by atoms with van der Waals surface area (Å²) in [5.74, 6) is -0.472. The Morgan fingerprint density at radius 1 is 1.07 bits per heavy atom. The molecule has 1 aromatic carbocycles. The van der Waals surface area contributed by atoms with Crippen molar-refractivity contribution in [3.05, 3.63) is 51.2 Å². The zero-order chi connectivity index (χ0) is 19.7. The largest absolute Gasteiger partial charge is 0.328 e. The quantitative estimate of drug-likeness (QED) is 0.767.